The molecule has 0 saturated carbocycles. The lowest BCUT2D eigenvalue weighted by molar-refractivity contribution is 0.0132. The van der Waals surface area contributed by atoms with E-state index < -0.39 is 0 Å². The fourth-order valence-corrected chi connectivity index (χ4v) is 4.44. The first-order valence-electron chi connectivity index (χ1n) is 11.3. The zero-order valence-corrected chi connectivity index (χ0v) is 19.1. The van der Waals surface area contributed by atoms with Gasteiger partial charge in [0.05, 0.1) is 26.0 Å². The number of methoxy groups -OCH3 is 1. The normalized spacial score (nSPS) is 21.7. The van der Waals surface area contributed by atoms with Crippen LogP contribution in [0.2, 0.25) is 0 Å². The number of morpholine rings is 1. The van der Waals surface area contributed by atoms with Crippen LogP contribution in [-0.2, 0) is 4.74 Å². The molecule has 2 aliphatic rings. The van der Waals surface area contributed by atoms with Crippen molar-refractivity contribution in [3.8, 4) is 5.75 Å². The van der Waals surface area contributed by atoms with E-state index in [0.29, 0.717) is 18.0 Å². The van der Waals surface area contributed by atoms with Gasteiger partial charge in [0.15, 0.2) is 5.96 Å². The molecule has 2 aliphatic heterocycles. The van der Waals surface area contributed by atoms with Gasteiger partial charge in [-0.2, -0.15) is 0 Å². The van der Waals surface area contributed by atoms with Crippen LogP contribution in [0.15, 0.2) is 29.3 Å². The Morgan fingerprint density at radius 2 is 2.00 bits per heavy atom. The molecule has 2 unspecified atom stereocenters. The van der Waals surface area contributed by atoms with Crippen molar-refractivity contribution in [2.45, 2.75) is 38.8 Å². The SMILES string of the molecule is CN=C(NCC(CC(C)C)N1CCOCC1)NC1CCN(c2ccccc2OC)C1. The lowest BCUT2D eigenvalue weighted by Crippen LogP contribution is -2.52. The number of hydrogen-bond acceptors (Lipinski definition) is 5. The van der Waals surface area contributed by atoms with Crippen molar-refractivity contribution in [3.05, 3.63) is 24.3 Å². The minimum absolute atomic E-state index is 0.369. The van der Waals surface area contributed by atoms with Gasteiger partial charge in [-0.25, -0.2) is 0 Å². The van der Waals surface area contributed by atoms with Gasteiger partial charge in [0.2, 0.25) is 0 Å². The monoisotopic (exact) mass is 417 g/mol. The number of benzene rings is 1. The zero-order valence-electron chi connectivity index (χ0n) is 19.1. The third-order valence-corrected chi connectivity index (χ3v) is 5.99. The fraction of sp³-hybridized carbons (Fsp3) is 0.696. The van der Waals surface area contributed by atoms with Crippen molar-refractivity contribution < 1.29 is 9.47 Å². The first kappa shape index (κ1) is 22.7. The van der Waals surface area contributed by atoms with Crippen LogP contribution in [0, 0.1) is 5.92 Å². The molecule has 2 N–H and O–H groups in total. The van der Waals surface area contributed by atoms with Crippen molar-refractivity contribution >= 4 is 11.6 Å². The maximum absolute atomic E-state index is 5.54. The van der Waals surface area contributed by atoms with Crippen LogP contribution >= 0.6 is 0 Å². The molecule has 2 fully saturated rings. The van der Waals surface area contributed by atoms with Gasteiger partial charge in [-0.3, -0.25) is 9.89 Å². The molecule has 2 atom stereocenters. The molecule has 2 heterocycles. The van der Waals surface area contributed by atoms with E-state index in [2.05, 4.69) is 51.4 Å². The van der Waals surface area contributed by atoms with E-state index in [4.69, 9.17) is 9.47 Å². The van der Waals surface area contributed by atoms with E-state index in [1.54, 1.807) is 7.11 Å². The summed E-state index contributed by atoms with van der Waals surface area (Å²) in [6.45, 7) is 11.2. The molecule has 1 aromatic carbocycles. The van der Waals surface area contributed by atoms with E-state index in [0.717, 1.165) is 69.8 Å². The third-order valence-electron chi connectivity index (χ3n) is 5.99. The summed E-state index contributed by atoms with van der Waals surface area (Å²) in [5, 5.41) is 7.22. The molecular formula is C23H39N5O2. The predicted octanol–water partition coefficient (Wildman–Crippen LogP) is 2.19. The van der Waals surface area contributed by atoms with Gasteiger partial charge in [0.25, 0.3) is 0 Å². The summed E-state index contributed by atoms with van der Waals surface area (Å²) in [6, 6.07) is 9.11. The summed E-state index contributed by atoms with van der Waals surface area (Å²) in [6.07, 6.45) is 2.26. The van der Waals surface area contributed by atoms with Gasteiger partial charge < -0.3 is 25.0 Å². The Bertz CT molecular complexity index is 675. The number of anilines is 1. The van der Waals surface area contributed by atoms with Crippen LogP contribution < -0.4 is 20.3 Å². The minimum Gasteiger partial charge on any atom is -0.495 e. The second-order valence-electron chi connectivity index (χ2n) is 8.63. The first-order valence-corrected chi connectivity index (χ1v) is 11.3. The summed E-state index contributed by atoms with van der Waals surface area (Å²) in [7, 11) is 3.59. The minimum atomic E-state index is 0.369. The number of ether oxygens (including phenoxy) is 2. The van der Waals surface area contributed by atoms with E-state index in [-0.39, 0.29) is 0 Å². The molecule has 30 heavy (non-hydrogen) atoms. The Morgan fingerprint density at radius 3 is 2.70 bits per heavy atom. The number of para-hydroxylation sites is 2. The molecule has 0 radical (unpaired) electrons. The van der Waals surface area contributed by atoms with Gasteiger partial charge >= 0.3 is 0 Å². The van der Waals surface area contributed by atoms with Crippen molar-refractivity contribution in [1.29, 1.82) is 0 Å². The Labute approximate surface area is 181 Å². The molecule has 0 aliphatic carbocycles. The molecule has 1 aromatic rings. The highest BCUT2D eigenvalue weighted by Crippen LogP contribution is 2.30. The number of nitrogens with zero attached hydrogens (tertiary/aromatic N) is 3. The van der Waals surface area contributed by atoms with Gasteiger partial charge in [0, 0.05) is 51.9 Å². The highest BCUT2D eigenvalue weighted by atomic mass is 16.5. The zero-order chi connectivity index (χ0) is 21.3. The van der Waals surface area contributed by atoms with Crippen molar-refractivity contribution in [3.63, 3.8) is 0 Å². The molecule has 7 heteroatoms. The second kappa shape index (κ2) is 11.4. The molecular weight excluding hydrogens is 378 g/mol. The first-order chi connectivity index (χ1) is 14.6. The van der Waals surface area contributed by atoms with E-state index in [9.17, 15) is 0 Å². The standard InChI is InChI=1S/C23H39N5O2/c1-18(2)15-20(27-11-13-30-14-12-27)16-25-23(24-3)26-19-9-10-28(17-19)21-7-5-6-8-22(21)29-4/h5-8,18-20H,9-17H2,1-4H3,(H2,24,25,26). The molecule has 0 bridgehead atoms. The van der Waals surface area contributed by atoms with E-state index >= 15 is 0 Å². The third kappa shape index (κ3) is 6.25. The van der Waals surface area contributed by atoms with Crippen LogP contribution in [0.4, 0.5) is 5.69 Å². The average Bonchev–Trinajstić information content (AvgIpc) is 3.24. The fourth-order valence-electron chi connectivity index (χ4n) is 4.44. The van der Waals surface area contributed by atoms with Crippen LogP contribution in [-0.4, -0.2) is 83.0 Å². The Kier molecular flexibility index (Phi) is 8.63. The van der Waals surface area contributed by atoms with Crippen LogP contribution in [0.25, 0.3) is 0 Å². The maximum atomic E-state index is 5.54. The lowest BCUT2D eigenvalue weighted by atomic mass is 10.0. The van der Waals surface area contributed by atoms with Gasteiger partial charge in [-0.05, 0) is 30.9 Å². The van der Waals surface area contributed by atoms with Crippen LogP contribution in [0.1, 0.15) is 26.7 Å². The highest BCUT2D eigenvalue weighted by molar-refractivity contribution is 5.80. The average molecular weight is 418 g/mol. The van der Waals surface area contributed by atoms with Crippen LogP contribution in [0.5, 0.6) is 5.75 Å². The summed E-state index contributed by atoms with van der Waals surface area (Å²) in [5.74, 6) is 2.49. The smallest absolute Gasteiger partial charge is 0.191 e. The summed E-state index contributed by atoms with van der Waals surface area (Å²) >= 11 is 0. The molecule has 7 nitrogen and oxygen atoms in total. The van der Waals surface area contributed by atoms with Crippen molar-refractivity contribution in [2.24, 2.45) is 10.9 Å². The topological polar surface area (TPSA) is 61.4 Å². The van der Waals surface area contributed by atoms with Gasteiger partial charge in [-0.15, -0.1) is 0 Å². The Morgan fingerprint density at radius 1 is 1.23 bits per heavy atom. The predicted molar refractivity (Wildman–Crippen MR) is 124 cm³/mol. The lowest BCUT2D eigenvalue weighted by Gasteiger charge is -2.36. The second-order valence-corrected chi connectivity index (χ2v) is 8.63. The molecule has 2 saturated heterocycles. The van der Waals surface area contributed by atoms with Crippen LogP contribution in [0.3, 0.4) is 0 Å². The summed E-state index contributed by atoms with van der Waals surface area (Å²) in [5.41, 5.74) is 1.16. The highest BCUT2D eigenvalue weighted by Gasteiger charge is 2.26. The molecule has 0 aromatic heterocycles. The van der Waals surface area contributed by atoms with Crippen molar-refractivity contribution in [2.75, 3.05) is 65.0 Å². The van der Waals surface area contributed by atoms with E-state index in [1.807, 2.05) is 19.2 Å². The maximum Gasteiger partial charge on any atom is 0.191 e. The van der Waals surface area contributed by atoms with E-state index in [1.165, 1.54) is 6.42 Å². The Balaban J connectivity index is 1.52. The quantitative estimate of drug-likeness (QED) is 0.499. The Hall–Kier alpha value is -1.99. The van der Waals surface area contributed by atoms with Gasteiger partial charge in [-0.1, -0.05) is 26.0 Å². The summed E-state index contributed by atoms with van der Waals surface area (Å²) < 4.78 is 11.1. The molecule has 3 rings (SSSR count). The van der Waals surface area contributed by atoms with Crippen molar-refractivity contribution in [1.82, 2.24) is 15.5 Å². The summed E-state index contributed by atoms with van der Waals surface area (Å²) in [4.78, 5) is 9.43. The number of nitrogens with one attached hydrogen (secondary N) is 2. The number of hydrogen-bond donors (Lipinski definition) is 2. The number of guanidine groups is 1. The largest absolute Gasteiger partial charge is 0.495 e. The number of rotatable bonds is 8. The molecule has 0 amide bonds. The number of aliphatic imine (C=N–C) groups is 1. The molecule has 0 spiro atoms. The molecule has 168 valence electrons. The van der Waals surface area contributed by atoms with Gasteiger partial charge in [0.1, 0.15) is 5.75 Å².